The highest BCUT2D eigenvalue weighted by atomic mass is 16.5. The van der Waals surface area contributed by atoms with Crippen LogP contribution in [0, 0.1) is 0 Å². The summed E-state index contributed by atoms with van der Waals surface area (Å²) in [6, 6.07) is 20.9. The van der Waals surface area contributed by atoms with Crippen molar-refractivity contribution in [2.75, 3.05) is 59.5 Å². The summed E-state index contributed by atoms with van der Waals surface area (Å²) in [5.41, 5.74) is 5.39. The Labute approximate surface area is 220 Å². The number of hydrogen-bond donors (Lipinski definition) is 1. The monoisotopic (exact) mass is 506 g/mol. The molecular weight excluding hydrogens is 468 g/mol. The van der Waals surface area contributed by atoms with Crippen LogP contribution in [0.4, 0.5) is 11.4 Å². The van der Waals surface area contributed by atoms with Gasteiger partial charge in [0.15, 0.2) is 11.5 Å². The summed E-state index contributed by atoms with van der Waals surface area (Å²) >= 11 is 0. The molecule has 37 heavy (non-hydrogen) atoms. The summed E-state index contributed by atoms with van der Waals surface area (Å²) < 4.78 is 22.0. The van der Waals surface area contributed by atoms with E-state index in [9.17, 15) is 5.11 Å². The number of benzene rings is 3. The van der Waals surface area contributed by atoms with Gasteiger partial charge >= 0.3 is 0 Å². The fourth-order valence-corrected chi connectivity index (χ4v) is 4.95. The summed E-state index contributed by atoms with van der Waals surface area (Å²) in [6.45, 7) is 2.45. The van der Waals surface area contributed by atoms with E-state index in [4.69, 9.17) is 18.9 Å². The van der Waals surface area contributed by atoms with Crippen LogP contribution in [0.1, 0.15) is 17.5 Å². The number of aliphatic hydroxyl groups is 1. The molecule has 3 aromatic carbocycles. The second kappa shape index (κ2) is 12.7. The van der Waals surface area contributed by atoms with Crippen molar-refractivity contribution in [3.8, 4) is 23.0 Å². The van der Waals surface area contributed by atoms with E-state index in [-0.39, 0.29) is 6.61 Å². The first kappa shape index (κ1) is 26.6. The lowest BCUT2D eigenvalue weighted by molar-refractivity contribution is 0.0760. The van der Waals surface area contributed by atoms with Gasteiger partial charge in [0.2, 0.25) is 5.75 Å². The van der Waals surface area contributed by atoms with Crippen molar-refractivity contribution in [1.82, 2.24) is 4.90 Å². The molecule has 7 nitrogen and oxygen atoms in total. The summed E-state index contributed by atoms with van der Waals surface area (Å²) in [4.78, 5) is 4.61. The van der Waals surface area contributed by atoms with E-state index in [2.05, 4.69) is 58.3 Å². The Morgan fingerprint density at radius 3 is 1.97 bits per heavy atom. The maximum Gasteiger partial charge on any atom is 0.203 e. The number of aliphatic hydroxyl groups excluding tert-OH is 1. The van der Waals surface area contributed by atoms with Crippen molar-refractivity contribution in [2.45, 2.75) is 25.4 Å². The lowest BCUT2D eigenvalue weighted by Gasteiger charge is -2.28. The van der Waals surface area contributed by atoms with Crippen LogP contribution in [0.25, 0.3) is 0 Å². The van der Waals surface area contributed by atoms with Crippen LogP contribution in [-0.4, -0.2) is 70.7 Å². The number of hydrogen-bond acceptors (Lipinski definition) is 7. The van der Waals surface area contributed by atoms with Gasteiger partial charge in [0.1, 0.15) is 18.5 Å². The third-order valence-corrected chi connectivity index (χ3v) is 6.75. The van der Waals surface area contributed by atoms with Crippen LogP contribution in [-0.2, 0) is 12.8 Å². The van der Waals surface area contributed by atoms with Crippen LogP contribution < -0.4 is 23.8 Å². The van der Waals surface area contributed by atoms with Crippen molar-refractivity contribution in [1.29, 1.82) is 0 Å². The number of likely N-dealkylation sites (N-methyl/N-ethyl adjacent to an activating group) is 1. The third-order valence-electron chi connectivity index (χ3n) is 6.75. The summed E-state index contributed by atoms with van der Waals surface area (Å²) in [5, 5.41) is 10.6. The quantitative estimate of drug-likeness (QED) is 0.382. The third kappa shape index (κ3) is 6.48. The highest BCUT2D eigenvalue weighted by Crippen LogP contribution is 2.41. The van der Waals surface area contributed by atoms with Crippen molar-refractivity contribution in [2.24, 2.45) is 0 Å². The van der Waals surface area contributed by atoms with Crippen LogP contribution in [0.2, 0.25) is 0 Å². The van der Waals surface area contributed by atoms with Gasteiger partial charge in [-0.25, -0.2) is 0 Å². The molecule has 1 atom stereocenters. The van der Waals surface area contributed by atoms with Gasteiger partial charge in [0.25, 0.3) is 0 Å². The van der Waals surface area contributed by atoms with Crippen molar-refractivity contribution < 1.29 is 24.1 Å². The Morgan fingerprint density at radius 2 is 1.43 bits per heavy atom. The highest BCUT2D eigenvalue weighted by Gasteiger charge is 2.20. The minimum Gasteiger partial charge on any atom is -0.493 e. The topological polar surface area (TPSA) is 63.6 Å². The predicted octanol–water partition coefficient (Wildman–Crippen LogP) is 4.71. The smallest absolute Gasteiger partial charge is 0.203 e. The first-order chi connectivity index (χ1) is 18.0. The van der Waals surface area contributed by atoms with Gasteiger partial charge in [-0.2, -0.15) is 0 Å². The first-order valence-corrected chi connectivity index (χ1v) is 12.8. The minimum atomic E-state index is -0.635. The summed E-state index contributed by atoms with van der Waals surface area (Å²) in [5.74, 6) is 2.09. The average molecular weight is 507 g/mol. The molecule has 0 radical (unpaired) electrons. The second-order valence-electron chi connectivity index (χ2n) is 9.35. The number of ether oxygens (including phenoxy) is 4. The largest absolute Gasteiger partial charge is 0.493 e. The average Bonchev–Trinajstić information content (AvgIpc) is 3.08. The normalized spacial score (nSPS) is 13.4. The number of nitrogens with zero attached hydrogens (tertiary/aromatic N) is 2. The van der Waals surface area contributed by atoms with E-state index in [1.165, 1.54) is 22.5 Å². The lowest BCUT2D eigenvalue weighted by Crippen LogP contribution is -2.34. The van der Waals surface area contributed by atoms with Crippen molar-refractivity contribution in [3.63, 3.8) is 0 Å². The molecule has 4 rings (SSSR count). The Balaban J connectivity index is 1.31. The Kier molecular flexibility index (Phi) is 9.14. The minimum absolute atomic E-state index is 0.163. The molecular formula is C30H38N2O5. The summed E-state index contributed by atoms with van der Waals surface area (Å²) in [7, 11) is 6.72. The molecule has 0 amide bonds. The zero-order valence-electron chi connectivity index (χ0n) is 22.3. The van der Waals surface area contributed by atoms with Gasteiger partial charge < -0.3 is 33.9 Å². The number of methoxy groups -OCH3 is 3. The second-order valence-corrected chi connectivity index (χ2v) is 9.35. The molecule has 3 aromatic rings. The van der Waals surface area contributed by atoms with Crippen LogP contribution >= 0.6 is 0 Å². The number of fused-ring (bicyclic) bond motifs is 2. The van der Waals surface area contributed by atoms with Crippen LogP contribution in [0.15, 0.2) is 60.7 Å². The number of aryl methyl sites for hydroxylation is 2. The van der Waals surface area contributed by atoms with E-state index in [1.54, 1.807) is 33.5 Å². The SMILES string of the molecule is COc1cc(OCC(O)CN(C)CCCN2c3ccccc3CCc3ccccc32)cc(OC)c1OC. The van der Waals surface area contributed by atoms with Gasteiger partial charge in [-0.3, -0.25) is 0 Å². The standard InChI is InChI=1S/C30H38N2O5/c1-31(20-24(33)21-37-25-18-28(34-2)30(36-4)29(19-25)35-3)16-9-17-32-26-12-7-5-10-22(26)14-15-23-11-6-8-13-27(23)32/h5-8,10-13,18-19,24,33H,9,14-17,20-21H2,1-4H3. The Morgan fingerprint density at radius 1 is 0.865 bits per heavy atom. The van der Waals surface area contributed by atoms with Crippen molar-refractivity contribution in [3.05, 3.63) is 71.8 Å². The molecule has 0 saturated heterocycles. The van der Waals surface area contributed by atoms with Gasteiger partial charge in [-0.05, 0) is 56.1 Å². The first-order valence-electron chi connectivity index (χ1n) is 12.8. The number of para-hydroxylation sites is 2. The van der Waals surface area contributed by atoms with E-state index >= 15 is 0 Å². The fourth-order valence-electron chi connectivity index (χ4n) is 4.95. The molecule has 198 valence electrons. The molecule has 1 aliphatic heterocycles. The van der Waals surface area contributed by atoms with E-state index in [0.29, 0.717) is 29.5 Å². The molecule has 1 N–H and O–H groups in total. The molecule has 0 aliphatic carbocycles. The molecule has 0 aromatic heterocycles. The van der Waals surface area contributed by atoms with Gasteiger partial charge in [-0.1, -0.05) is 36.4 Å². The zero-order valence-corrected chi connectivity index (χ0v) is 22.3. The predicted molar refractivity (Wildman–Crippen MR) is 147 cm³/mol. The van der Waals surface area contributed by atoms with Gasteiger partial charge in [-0.15, -0.1) is 0 Å². The van der Waals surface area contributed by atoms with Crippen LogP contribution in [0.3, 0.4) is 0 Å². The number of rotatable bonds is 12. The molecule has 0 bridgehead atoms. The van der Waals surface area contributed by atoms with Gasteiger partial charge in [0, 0.05) is 36.6 Å². The fraction of sp³-hybridized carbons (Fsp3) is 0.400. The highest BCUT2D eigenvalue weighted by molar-refractivity contribution is 5.71. The molecule has 1 aliphatic rings. The van der Waals surface area contributed by atoms with Crippen molar-refractivity contribution >= 4 is 11.4 Å². The molecule has 0 spiro atoms. The zero-order chi connectivity index (χ0) is 26.2. The van der Waals surface area contributed by atoms with Crippen LogP contribution in [0.5, 0.6) is 23.0 Å². The number of anilines is 2. The van der Waals surface area contributed by atoms with E-state index in [1.807, 2.05) is 7.05 Å². The summed E-state index contributed by atoms with van der Waals surface area (Å²) in [6.07, 6.45) is 2.45. The Bertz CT molecular complexity index is 1100. The molecule has 0 fully saturated rings. The molecule has 1 heterocycles. The molecule has 0 saturated carbocycles. The van der Waals surface area contributed by atoms with E-state index < -0.39 is 6.10 Å². The maximum absolute atomic E-state index is 10.6. The van der Waals surface area contributed by atoms with E-state index in [0.717, 1.165) is 32.4 Å². The van der Waals surface area contributed by atoms with Gasteiger partial charge in [0.05, 0.1) is 21.3 Å². The Hall–Kier alpha value is -3.42. The molecule has 1 unspecified atom stereocenters. The lowest BCUT2D eigenvalue weighted by atomic mass is 10.0. The molecule has 7 heteroatoms. The maximum atomic E-state index is 10.6.